The van der Waals surface area contributed by atoms with Crippen LogP contribution in [0.3, 0.4) is 0 Å². The van der Waals surface area contributed by atoms with E-state index in [1.165, 1.54) is 0 Å². The summed E-state index contributed by atoms with van der Waals surface area (Å²) < 4.78 is 0. The fourth-order valence-corrected chi connectivity index (χ4v) is 1.66. The Balaban J connectivity index is 2.55. The van der Waals surface area contributed by atoms with E-state index in [9.17, 15) is 4.79 Å². The van der Waals surface area contributed by atoms with Crippen molar-refractivity contribution in [1.29, 1.82) is 5.26 Å². The summed E-state index contributed by atoms with van der Waals surface area (Å²) in [5.74, 6) is 0.382. The van der Waals surface area contributed by atoms with Gasteiger partial charge in [-0.2, -0.15) is 5.26 Å². The minimum atomic E-state index is -0.339. The third-order valence-corrected chi connectivity index (χ3v) is 2.68. The number of nitriles is 1. The predicted molar refractivity (Wildman–Crippen MR) is 73.8 cm³/mol. The molecule has 0 aromatic carbocycles. The lowest BCUT2D eigenvalue weighted by Crippen LogP contribution is -2.39. The summed E-state index contributed by atoms with van der Waals surface area (Å²) in [6.45, 7) is 4.41. The quantitative estimate of drug-likeness (QED) is 0.439. The molecule has 0 radical (unpaired) electrons. The second-order valence-electron chi connectivity index (χ2n) is 3.96. The van der Waals surface area contributed by atoms with Gasteiger partial charge in [0, 0.05) is 6.54 Å². The molecule has 3 N–H and O–H groups in total. The van der Waals surface area contributed by atoms with E-state index in [4.69, 9.17) is 16.9 Å². The number of hydrazine groups is 1. The molecule has 0 aliphatic rings. The first-order valence-corrected chi connectivity index (χ1v) is 6.33. The molecule has 102 valence electrons. The highest BCUT2D eigenvalue weighted by Crippen LogP contribution is 2.19. The Morgan fingerprint density at radius 2 is 2.32 bits per heavy atom. The van der Waals surface area contributed by atoms with Gasteiger partial charge in [0.2, 0.25) is 0 Å². The van der Waals surface area contributed by atoms with Crippen molar-refractivity contribution in [2.75, 3.05) is 12.0 Å². The van der Waals surface area contributed by atoms with Crippen LogP contribution in [0.1, 0.15) is 30.9 Å². The molecule has 6 nitrogen and oxygen atoms in total. The van der Waals surface area contributed by atoms with Crippen LogP contribution >= 0.6 is 11.6 Å². The number of amides is 2. The Bertz CT molecular complexity index is 474. The number of nitrogens with one attached hydrogen (secondary N) is 3. The number of aromatic nitrogens is 1. The lowest BCUT2D eigenvalue weighted by Gasteiger charge is -2.10. The van der Waals surface area contributed by atoms with E-state index >= 15 is 0 Å². The van der Waals surface area contributed by atoms with Gasteiger partial charge < -0.3 is 5.32 Å². The van der Waals surface area contributed by atoms with Gasteiger partial charge in [0.25, 0.3) is 0 Å². The van der Waals surface area contributed by atoms with Crippen LogP contribution in [0, 0.1) is 18.3 Å². The molecule has 0 aliphatic carbocycles. The van der Waals surface area contributed by atoms with Gasteiger partial charge in [-0.1, -0.05) is 24.9 Å². The SMILES string of the molecule is CCCCNC(=O)NNc1cc(C)c(C#N)c(Cl)n1. The summed E-state index contributed by atoms with van der Waals surface area (Å²) in [6.07, 6.45) is 1.94. The second-order valence-corrected chi connectivity index (χ2v) is 4.32. The molecule has 2 amide bonds. The van der Waals surface area contributed by atoms with Crippen LogP contribution in [0.4, 0.5) is 10.6 Å². The van der Waals surface area contributed by atoms with Gasteiger partial charge in [0.1, 0.15) is 17.0 Å². The number of pyridine rings is 1. The van der Waals surface area contributed by atoms with Gasteiger partial charge in [0.15, 0.2) is 0 Å². The average molecular weight is 282 g/mol. The summed E-state index contributed by atoms with van der Waals surface area (Å²) in [7, 11) is 0. The average Bonchev–Trinajstić information content (AvgIpc) is 2.36. The summed E-state index contributed by atoms with van der Waals surface area (Å²) in [5, 5.41) is 11.6. The van der Waals surface area contributed by atoms with Crippen LogP contribution in [0.25, 0.3) is 0 Å². The molecule has 1 heterocycles. The summed E-state index contributed by atoms with van der Waals surface area (Å²) in [6, 6.07) is 3.26. The molecule has 0 unspecified atom stereocenters. The lowest BCUT2D eigenvalue weighted by atomic mass is 10.2. The Morgan fingerprint density at radius 3 is 2.89 bits per heavy atom. The van der Waals surface area contributed by atoms with Crippen molar-refractivity contribution in [3.8, 4) is 6.07 Å². The van der Waals surface area contributed by atoms with E-state index in [0.29, 0.717) is 23.5 Å². The number of halogens is 1. The van der Waals surface area contributed by atoms with Crippen molar-refractivity contribution in [2.45, 2.75) is 26.7 Å². The zero-order valence-electron chi connectivity index (χ0n) is 10.9. The number of carbonyl (C=O) groups excluding carboxylic acids is 1. The highest BCUT2D eigenvalue weighted by Gasteiger charge is 2.08. The molecule has 0 fully saturated rings. The minimum Gasteiger partial charge on any atom is -0.337 e. The number of anilines is 1. The highest BCUT2D eigenvalue weighted by atomic mass is 35.5. The standard InChI is InChI=1S/C12H16ClN5O/c1-3-4-5-15-12(19)18-17-10-6-8(2)9(7-14)11(13)16-10/h6H,3-5H2,1-2H3,(H,16,17)(H2,15,18,19). The molecule has 7 heteroatoms. The van der Waals surface area contributed by atoms with Crippen LogP contribution in [-0.4, -0.2) is 17.6 Å². The first-order valence-electron chi connectivity index (χ1n) is 5.95. The third-order valence-electron chi connectivity index (χ3n) is 2.40. The van der Waals surface area contributed by atoms with E-state index in [2.05, 4.69) is 21.2 Å². The van der Waals surface area contributed by atoms with Crippen molar-refractivity contribution >= 4 is 23.4 Å². The van der Waals surface area contributed by atoms with E-state index < -0.39 is 0 Å². The maximum atomic E-state index is 11.4. The fourth-order valence-electron chi connectivity index (χ4n) is 1.38. The van der Waals surface area contributed by atoms with E-state index in [1.807, 2.05) is 13.0 Å². The summed E-state index contributed by atoms with van der Waals surface area (Å²) in [5.41, 5.74) is 6.11. The molecule has 0 bridgehead atoms. The Labute approximate surface area is 117 Å². The number of carbonyl (C=O) groups is 1. The van der Waals surface area contributed by atoms with Gasteiger partial charge in [-0.3, -0.25) is 10.9 Å². The van der Waals surface area contributed by atoms with Gasteiger partial charge >= 0.3 is 6.03 Å². The Hall–Kier alpha value is -2.00. The van der Waals surface area contributed by atoms with E-state index in [1.54, 1.807) is 13.0 Å². The third kappa shape index (κ3) is 4.64. The number of rotatable bonds is 5. The molecule has 19 heavy (non-hydrogen) atoms. The number of hydrogen-bond acceptors (Lipinski definition) is 4. The molecule has 0 atom stereocenters. The van der Waals surface area contributed by atoms with Crippen LogP contribution in [-0.2, 0) is 0 Å². The number of aryl methyl sites for hydroxylation is 1. The van der Waals surface area contributed by atoms with Gasteiger partial charge in [-0.15, -0.1) is 0 Å². The monoisotopic (exact) mass is 281 g/mol. The first-order chi connectivity index (χ1) is 9.08. The van der Waals surface area contributed by atoms with Crippen molar-refractivity contribution in [2.24, 2.45) is 0 Å². The number of urea groups is 1. The molecule has 0 saturated heterocycles. The minimum absolute atomic E-state index is 0.109. The molecule has 0 aliphatic heterocycles. The zero-order chi connectivity index (χ0) is 14.3. The van der Waals surface area contributed by atoms with Crippen molar-refractivity contribution in [3.63, 3.8) is 0 Å². The molecular formula is C12H16ClN5O. The molecule has 1 aromatic heterocycles. The van der Waals surface area contributed by atoms with E-state index in [-0.39, 0.29) is 11.2 Å². The van der Waals surface area contributed by atoms with Gasteiger partial charge in [-0.05, 0) is 25.0 Å². The molecular weight excluding hydrogens is 266 g/mol. The summed E-state index contributed by atoms with van der Waals surface area (Å²) in [4.78, 5) is 15.3. The van der Waals surface area contributed by atoms with Crippen LogP contribution in [0.15, 0.2) is 6.07 Å². The number of hydrogen-bond donors (Lipinski definition) is 3. The number of nitrogens with zero attached hydrogens (tertiary/aromatic N) is 2. The van der Waals surface area contributed by atoms with Crippen LogP contribution < -0.4 is 16.2 Å². The Kier molecular flexibility index (Phi) is 5.90. The lowest BCUT2D eigenvalue weighted by molar-refractivity contribution is 0.242. The van der Waals surface area contributed by atoms with Crippen LogP contribution in [0.2, 0.25) is 5.15 Å². The Morgan fingerprint density at radius 1 is 1.58 bits per heavy atom. The maximum absolute atomic E-state index is 11.4. The van der Waals surface area contributed by atoms with Gasteiger partial charge in [0.05, 0.1) is 5.56 Å². The van der Waals surface area contributed by atoms with Gasteiger partial charge in [-0.25, -0.2) is 9.78 Å². The van der Waals surface area contributed by atoms with Crippen molar-refractivity contribution in [3.05, 3.63) is 22.3 Å². The number of unbranched alkanes of at least 4 members (excludes halogenated alkanes) is 1. The predicted octanol–water partition coefficient (Wildman–Crippen LogP) is 2.34. The molecule has 0 spiro atoms. The van der Waals surface area contributed by atoms with Crippen molar-refractivity contribution < 1.29 is 4.79 Å². The van der Waals surface area contributed by atoms with Crippen LogP contribution in [0.5, 0.6) is 0 Å². The highest BCUT2D eigenvalue weighted by molar-refractivity contribution is 6.30. The largest absolute Gasteiger partial charge is 0.337 e. The molecule has 0 saturated carbocycles. The fraction of sp³-hybridized carbons (Fsp3) is 0.417. The normalized spacial score (nSPS) is 9.58. The smallest absolute Gasteiger partial charge is 0.333 e. The van der Waals surface area contributed by atoms with E-state index in [0.717, 1.165) is 12.8 Å². The first kappa shape index (κ1) is 15.1. The summed E-state index contributed by atoms with van der Waals surface area (Å²) >= 11 is 5.85. The maximum Gasteiger partial charge on any atom is 0.333 e. The molecule has 1 rings (SSSR count). The topological polar surface area (TPSA) is 89.8 Å². The molecule has 1 aromatic rings. The van der Waals surface area contributed by atoms with Crippen molar-refractivity contribution in [1.82, 2.24) is 15.7 Å². The zero-order valence-corrected chi connectivity index (χ0v) is 11.6. The second kappa shape index (κ2) is 7.44.